The molecule has 2 N–H and O–H groups in total. The molecule has 1 fully saturated rings. The molecule has 0 saturated heterocycles. The Morgan fingerprint density at radius 3 is 2.71 bits per heavy atom. The lowest BCUT2D eigenvalue weighted by atomic mass is 10.1. The molecule has 17 heavy (non-hydrogen) atoms. The predicted octanol–water partition coefficient (Wildman–Crippen LogP) is 3.67. The first-order valence-corrected chi connectivity index (χ1v) is 7.19. The van der Waals surface area contributed by atoms with E-state index in [4.69, 9.17) is 11.6 Å². The van der Waals surface area contributed by atoms with E-state index in [1.807, 2.05) is 18.2 Å². The summed E-state index contributed by atoms with van der Waals surface area (Å²) in [5.74, 6) is 0. The van der Waals surface area contributed by atoms with Crippen LogP contribution in [0.2, 0.25) is 5.02 Å². The van der Waals surface area contributed by atoms with E-state index in [1.165, 1.54) is 25.7 Å². The molecule has 0 amide bonds. The van der Waals surface area contributed by atoms with E-state index in [9.17, 15) is 5.11 Å². The standard InChI is InChI=1S/C13H17BrClNO/c14-12-7-9(15)5-6-11(12)13(8-17)16-10-3-1-2-4-10/h5-7,10,13,16-17H,1-4,8H2. The van der Waals surface area contributed by atoms with Gasteiger partial charge in [-0.05, 0) is 30.5 Å². The third kappa shape index (κ3) is 3.44. The fourth-order valence-corrected chi connectivity index (χ4v) is 3.36. The van der Waals surface area contributed by atoms with Crippen molar-refractivity contribution in [1.29, 1.82) is 0 Å². The Labute approximate surface area is 115 Å². The second-order valence-electron chi connectivity index (χ2n) is 4.55. The van der Waals surface area contributed by atoms with E-state index < -0.39 is 0 Å². The highest BCUT2D eigenvalue weighted by atomic mass is 79.9. The maximum Gasteiger partial charge on any atom is 0.0627 e. The van der Waals surface area contributed by atoms with E-state index in [2.05, 4.69) is 21.2 Å². The van der Waals surface area contributed by atoms with Gasteiger partial charge in [-0.15, -0.1) is 0 Å². The summed E-state index contributed by atoms with van der Waals surface area (Å²) >= 11 is 9.42. The van der Waals surface area contributed by atoms with Gasteiger partial charge in [0.2, 0.25) is 0 Å². The zero-order valence-electron chi connectivity index (χ0n) is 9.63. The second-order valence-corrected chi connectivity index (χ2v) is 5.84. The molecule has 2 rings (SSSR count). The molecule has 0 spiro atoms. The maximum absolute atomic E-state index is 9.52. The van der Waals surface area contributed by atoms with Gasteiger partial charge in [0.05, 0.1) is 12.6 Å². The van der Waals surface area contributed by atoms with Crippen LogP contribution >= 0.6 is 27.5 Å². The molecule has 1 aromatic carbocycles. The number of aliphatic hydroxyl groups excluding tert-OH is 1. The number of rotatable bonds is 4. The molecule has 1 aromatic rings. The zero-order chi connectivity index (χ0) is 12.3. The molecule has 2 nitrogen and oxygen atoms in total. The SMILES string of the molecule is OCC(NC1CCCC1)c1ccc(Cl)cc1Br. The summed E-state index contributed by atoms with van der Waals surface area (Å²) < 4.78 is 0.953. The Balaban J connectivity index is 2.10. The van der Waals surface area contributed by atoms with Crippen molar-refractivity contribution in [1.82, 2.24) is 5.32 Å². The maximum atomic E-state index is 9.52. The van der Waals surface area contributed by atoms with Gasteiger partial charge < -0.3 is 10.4 Å². The van der Waals surface area contributed by atoms with Gasteiger partial charge in [-0.3, -0.25) is 0 Å². The molecule has 94 valence electrons. The molecule has 1 aliphatic carbocycles. The molecular formula is C13H17BrClNO. The number of hydrogen-bond donors (Lipinski definition) is 2. The molecule has 1 atom stereocenters. The van der Waals surface area contributed by atoms with Crippen LogP contribution in [0.5, 0.6) is 0 Å². The number of aliphatic hydroxyl groups is 1. The lowest BCUT2D eigenvalue weighted by Crippen LogP contribution is -2.32. The summed E-state index contributed by atoms with van der Waals surface area (Å²) in [5, 5.41) is 13.7. The number of benzene rings is 1. The Morgan fingerprint density at radius 2 is 2.12 bits per heavy atom. The van der Waals surface area contributed by atoms with Crippen LogP contribution in [-0.2, 0) is 0 Å². The highest BCUT2D eigenvalue weighted by Gasteiger charge is 2.21. The first kappa shape index (κ1) is 13.3. The Kier molecular flexibility index (Phi) is 4.86. The number of halogens is 2. The molecule has 1 aliphatic rings. The van der Waals surface area contributed by atoms with Crippen molar-refractivity contribution < 1.29 is 5.11 Å². The average Bonchev–Trinajstić information content (AvgIpc) is 2.79. The minimum Gasteiger partial charge on any atom is -0.394 e. The smallest absolute Gasteiger partial charge is 0.0627 e. The van der Waals surface area contributed by atoms with Crippen LogP contribution in [0.25, 0.3) is 0 Å². The summed E-state index contributed by atoms with van der Waals surface area (Å²) in [5.41, 5.74) is 1.07. The molecule has 0 aromatic heterocycles. The average molecular weight is 319 g/mol. The summed E-state index contributed by atoms with van der Waals surface area (Å²) in [7, 11) is 0. The van der Waals surface area contributed by atoms with Crippen LogP contribution in [0.4, 0.5) is 0 Å². The second kappa shape index (κ2) is 6.19. The van der Waals surface area contributed by atoms with Crippen LogP contribution < -0.4 is 5.32 Å². The molecule has 1 unspecified atom stereocenters. The van der Waals surface area contributed by atoms with Gasteiger partial charge in [-0.1, -0.05) is 46.4 Å². The summed E-state index contributed by atoms with van der Waals surface area (Å²) in [4.78, 5) is 0. The Morgan fingerprint density at radius 1 is 1.41 bits per heavy atom. The molecule has 0 bridgehead atoms. The van der Waals surface area contributed by atoms with Crippen LogP contribution in [0.1, 0.15) is 37.3 Å². The fraction of sp³-hybridized carbons (Fsp3) is 0.538. The summed E-state index contributed by atoms with van der Waals surface area (Å²) in [6.07, 6.45) is 5.00. The highest BCUT2D eigenvalue weighted by molar-refractivity contribution is 9.10. The van der Waals surface area contributed by atoms with E-state index >= 15 is 0 Å². The van der Waals surface area contributed by atoms with Crippen molar-refractivity contribution >= 4 is 27.5 Å². The predicted molar refractivity (Wildman–Crippen MR) is 74.4 cm³/mol. The molecular weight excluding hydrogens is 302 g/mol. The quantitative estimate of drug-likeness (QED) is 0.888. The van der Waals surface area contributed by atoms with Crippen LogP contribution in [0.3, 0.4) is 0 Å². The zero-order valence-corrected chi connectivity index (χ0v) is 12.0. The van der Waals surface area contributed by atoms with Crippen LogP contribution in [0, 0.1) is 0 Å². The molecule has 0 radical (unpaired) electrons. The monoisotopic (exact) mass is 317 g/mol. The third-order valence-corrected chi connectivity index (χ3v) is 4.23. The van der Waals surface area contributed by atoms with Crippen molar-refractivity contribution in [2.75, 3.05) is 6.61 Å². The topological polar surface area (TPSA) is 32.3 Å². The van der Waals surface area contributed by atoms with Crippen LogP contribution in [0.15, 0.2) is 22.7 Å². The van der Waals surface area contributed by atoms with Crippen molar-refractivity contribution in [2.24, 2.45) is 0 Å². The van der Waals surface area contributed by atoms with Gasteiger partial charge in [-0.2, -0.15) is 0 Å². The van der Waals surface area contributed by atoms with Gasteiger partial charge in [0.15, 0.2) is 0 Å². The van der Waals surface area contributed by atoms with E-state index in [0.29, 0.717) is 11.1 Å². The van der Waals surface area contributed by atoms with Gasteiger partial charge in [0.1, 0.15) is 0 Å². The summed E-state index contributed by atoms with van der Waals surface area (Å²) in [6, 6.07) is 6.23. The normalized spacial score (nSPS) is 18.5. The lowest BCUT2D eigenvalue weighted by molar-refractivity contribution is 0.232. The number of hydrogen-bond acceptors (Lipinski definition) is 2. The van der Waals surface area contributed by atoms with Gasteiger partial charge in [0.25, 0.3) is 0 Å². The molecule has 4 heteroatoms. The van der Waals surface area contributed by atoms with Gasteiger partial charge in [-0.25, -0.2) is 0 Å². The highest BCUT2D eigenvalue weighted by Crippen LogP contribution is 2.28. The van der Waals surface area contributed by atoms with Crippen molar-refractivity contribution in [3.8, 4) is 0 Å². The Bertz CT molecular complexity index is 380. The minimum absolute atomic E-state index is 0.00950. The van der Waals surface area contributed by atoms with Gasteiger partial charge >= 0.3 is 0 Å². The third-order valence-electron chi connectivity index (χ3n) is 3.31. The largest absolute Gasteiger partial charge is 0.394 e. The minimum atomic E-state index is -0.00950. The van der Waals surface area contributed by atoms with Crippen molar-refractivity contribution in [3.63, 3.8) is 0 Å². The first-order chi connectivity index (χ1) is 8.20. The molecule has 0 aliphatic heterocycles. The number of nitrogens with one attached hydrogen (secondary N) is 1. The van der Waals surface area contributed by atoms with Crippen molar-refractivity contribution in [2.45, 2.75) is 37.8 Å². The van der Waals surface area contributed by atoms with Crippen LogP contribution in [-0.4, -0.2) is 17.8 Å². The van der Waals surface area contributed by atoms with Gasteiger partial charge in [0, 0.05) is 15.5 Å². The fourth-order valence-electron chi connectivity index (χ4n) is 2.40. The van der Waals surface area contributed by atoms with E-state index in [-0.39, 0.29) is 12.6 Å². The first-order valence-electron chi connectivity index (χ1n) is 6.02. The summed E-state index contributed by atoms with van der Waals surface area (Å²) in [6.45, 7) is 0.108. The Hall–Kier alpha value is -0.0900. The van der Waals surface area contributed by atoms with E-state index in [1.54, 1.807) is 0 Å². The van der Waals surface area contributed by atoms with Crippen molar-refractivity contribution in [3.05, 3.63) is 33.3 Å². The van der Waals surface area contributed by atoms with E-state index in [0.717, 1.165) is 10.0 Å². The molecule has 0 heterocycles. The lowest BCUT2D eigenvalue weighted by Gasteiger charge is -2.22. The molecule has 1 saturated carbocycles.